The Balaban J connectivity index is 1.92. The van der Waals surface area contributed by atoms with Gasteiger partial charge >= 0.3 is 0 Å². The van der Waals surface area contributed by atoms with Crippen molar-refractivity contribution in [3.8, 4) is 0 Å². The van der Waals surface area contributed by atoms with E-state index in [1.54, 1.807) is 0 Å². The van der Waals surface area contributed by atoms with Crippen molar-refractivity contribution >= 4 is 17.5 Å². The van der Waals surface area contributed by atoms with Crippen LogP contribution in [0.25, 0.3) is 0 Å². The zero-order chi connectivity index (χ0) is 17.7. The van der Waals surface area contributed by atoms with E-state index in [1.165, 1.54) is 0 Å². The summed E-state index contributed by atoms with van der Waals surface area (Å²) in [6.45, 7) is 9.59. The molecule has 2 unspecified atom stereocenters. The van der Waals surface area contributed by atoms with E-state index in [2.05, 4.69) is 12.2 Å². The molecular weight excluding hydrogens is 300 g/mol. The van der Waals surface area contributed by atoms with Gasteiger partial charge in [-0.15, -0.1) is 0 Å². The summed E-state index contributed by atoms with van der Waals surface area (Å²) < 4.78 is 0. The van der Waals surface area contributed by atoms with Crippen LogP contribution in [-0.4, -0.2) is 29.8 Å². The van der Waals surface area contributed by atoms with Crippen molar-refractivity contribution < 1.29 is 9.59 Å². The van der Waals surface area contributed by atoms with Crippen LogP contribution < -0.4 is 5.32 Å². The molecule has 24 heavy (non-hydrogen) atoms. The standard InChI is InChI=1S/C20H30N2O2/c1-5-15-14-22(19(24)20(2,3)4)12-11-16(15)13-18(23)21-17-9-7-6-8-10-17/h6-10,15-16H,5,11-14H2,1-4H3,(H,21,23). The van der Waals surface area contributed by atoms with Crippen molar-refractivity contribution in [3.05, 3.63) is 30.3 Å². The number of piperidine rings is 1. The van der Waals surface area contributed by atoms with Gasteiger partial charge in [0, 0.05) is 30.6 Å². The Morgan fingerprint density at radius 2 is 1.83 bits per heavy atom. The second-order valence-electron chi connectivity index (χ2n) is 7.84. The van der Waals surface area contributed by atoms with Gasteiger partial charge in [-0.3, -0.25) is 9.59 Å². The van der Waals surface area contributed by atoms with Crippen LogP contribution in [0.2, 0.25) is 0 Å². The number of nitrogens with one attached hydrogen (secondary N) is 1. The lowest BCUT2D eigenvalue weighted by atomic mass is 9.80. The Morgan fingerprint density at radius 1 is 1.17 bits per heavy atom. The Morgan fingerprint density at radius 3 is 2.42 bits per heavy atom. The molecule has 0 saturated carbocycles. The molecule has 4 heteroatoms. The fraction of sp³-hybridized carbons (Fsp3) is 0.600. The molecule has 1 N–H and O–H groups in total. The van der Waals surface area contributed by atoms with Gasteiger partial charge < -0.3 is 10.2 Å². The third-order valence-electron chi connectivity index (χ3n) is 4.85. The molecule has 2 atom stereocenters. The van der Waals surface area contributed by atoms with Crippen LogP contribution in [0.4, 0.5) is 5.69 Å². The molecule has 1 aliphatic rings. The third-order valence-corrected chi connectivity index (χ3v) is 4.85. The average molecular weight is 330 g/mol. The van der Waals surface area contributed by atoms with Gasteiger partial charge in [-0.05, 0) is 30.4 Å². The molecule has 0 aliphatic carbocycles. The van der Waals surface area contributed by atoms with E-state index in [1.807, 2.05) is 56.0 Å². The van der Waals surface area contributed by atoms with E-state index in [0.29, 0.717) is 18.3 Å². The van der Waals surface area contributed by atoms with Crippen molar-refractivity contribution in [2.75, 3.05) is 18.4 Å². The first-order chi connectivity index (χ1) is 11.3. The van der Waals surface area contributed by atoms with Crippen LogP contribution in [0, 0.1) is 17.3 Å². The van der Waals surface area contributed by atoms with Crippen LogP contribution >= 0.6 is 0 Å². The highest BCUT2D eigenvalue weighted by Gasteiger charge is 2.35. The highest BCUT2D eigenvalue weighted by Crippen LogP contribution is 2.31. The summed E-state index contributed by atoms with van der Waals surface area (Å²) in [6, 6.07) is 9.58. The summed E-state index contributed by atoms with van der Waals surface area (Å²) in [6.07, 6.45) is 2.44. The molecule has 0 spiro atoms. The summed E-state index contributed by atoms with van der Waals surface area (Å²) >= 11 is 0. The minimum atomic E-state index is -0.337. The summed E-state index contributed by atoms with van der Waals surface area (Å²) in [4.78, 5) is 26.8. The first kappa shape index (κ1) is 18.5. The van der Waals surface area contributed by atoms with E-state index in [4.69, 9.17) is 0 Å². The highest BCUT2D eigenvalue weighted by atomic mass is 16.2. The van der Waals surface area contributed by atoms with E-state index in [-0.39, 0.29) is 17.2 Å². The van der Waals surface area contributed by atoms with E-state index in [9.17, 15) is 9.59 Å². The zero-order valence-corrected chi connectivity index (χ0v) is 15.3. The predicted molar refractivity (Wildman–Crippen MR) is 97.6 cm³/mol. The van der Waals surface area contributed by atoms with Crippen molar-refractivity contribution in [3.63, 3.8) is 0 Å². The maximum Gasteiger partial charge on any atom is 0.227 e. The predicted octanol–water partition coefficient (Wildman–Crippen LogP) is 3.94. The van der Waals surface area contributed by atoms with Gasteiger partial charge in [-0.25, -0.2) is 0 Å². The van der Waals surface area contributed by atoms with Crippen molar-refractivity contribution in [2.45, 2.75) is 47.0 Å². The number of para-hydroxylation sites is 1. The van der Waals surface area contributed by atoms with E-state index < -0.39 is 0 Å². The molecule has 0 bridgehead atoms. The summed E-state index contributed by atoms with van der Waals surface area (Å²) in [5.41, 5.74) is 0.506. The zero-order valence-electron chi connectivity index (χ0n) is 15.3. The number of rotatable bonds is 4. The number of likely N-dealkylation sites (tertiary alicyclic amines) is 1. The van der Waals surface area contributed by atoms with Gasteiger partial charge in [-0.2, -0.15) is 0 Å². The summed E-state index contributed by atoms with van der Waals surface area (Å²) in [7, 11) is 0. The Bertz CT molecular complexity index is 563. The Kier molecular flexibility index (Phi) is 6.03. The lowest BCUT2D eigenvalue weighted by molar-refractivity contribution is -0.142. The van der Waals surface area contributed by atoms with Gasteiger partial charge in [0.25, 0.3) is 0 Å². The molecule has 2 rings (SSSR count). The van der Waals surface area contributed by atoms with Gasteiger partial charge in [0.1, 0.15) is 0 Å². The molecule has 2 amide bonds. The Labute approximate surface area is 145 Å². The van der Waals surface area contributed by atoms with Crippen molar-refractivity contribution in [2.24, 2.45) is 17.3 Å². The lowest BCUT2D eigenvalue weighted by Crippen LogP contribution is -2.48. The molecule has 1 saturated heterocycles. The number of nitrogens with zero attached hydrogens (tertiary/aromatic N) is 1. The monoisotopic (exact) mass is 330 g/mol. The maximum atomic E-state index is 12.5. The smallest absolute Gasteiger partial charge is 0.227 e. The van der Waals surface area contributed by atoms with Crippen LogP contribution in [-0.2, 0) is 9.59 Å². The van der Waals surface area contributed by atoms with Crippen molar-refractivity contribution in [1.82, 2.24) is 4.90 Å². The third kappa shape index (κ3) is 4.83. The molecule has 1 aromatic carbocycles. The van der Waals surface area contributed by atoms with Crippen LogP contribution in [0.1, 0.15) is 47.0 Å². The Hall–Kier alpha value is -1.84. The number of carbonyl (C=O) groups is 2. The van der Waals surface area contributed by atoms with Gasteiger partial charge in [0.2, 0.25) is 11.8 Å². The highest BCUT2D eigenvalue weighted by molar-refractivity contribution is 5.90. The minimum absolute atomic E-state index is 0.0697. The lowest BCUT2D eigenvalue weighted by Gasteiger charge is -2.40. The SMILES string of the molecule is CCC1CN(C(=O)C(C)(C)C)CCC1CC(=O)Nc1ccccc1. The van der Waals surface area contributed by atoms with Gasteiger partial charge in [-0.1, -0.05) is 52.3 Å². The number of carbonyl (C=O) groups excluding carboxylic acids is 2. The number of benzene rings is 1. The first-order valence-electron chi connectivity index (χ1n) is 8.95. The fourth-order valence-electron chi connectivity index (χ4n) is 3.44. The van der Waals surface area contributed by atoms with Gasteiger partial charge in [0.15, 0.2) is 0 Å². The van der Waals surface area contributed by atoms with Crippen molar-refractivity contribution in [1.29, 1.82) is 0 Å². The summed E-state index contributed by atoms with van der Waals surface area (Å²) in [5.74, 6) is 1.03. The summed E-state index contributed by atoms with van der Waals surface area (Å²) in [5, 5.41) is 2.97. The van der Waals surface area contributed by atoms with E-state index >= 15 is 0 Å². The largest absolute Gasteiger partial charge is 0.342 e. The molecule has 132 valence electrons. The number of hydrogen-bond acceptors (Lipinski definition) is 2. The number of anilines is 1. The second-order valence-corrected chi connectivity index (χ2v) is 7.84. The molecular formula is C20H30N2O2. The average Bonchev–Trinajstić information content (AvgIpc) is 2.54. The van der Waals surface area contributed by atoms with Gasteiger partial charge in [0.05, 0.1) is 0 Å². The molecule has 1 heterocycles. The molecule has 1 fully saturated rings. The first-order valence-corrected chi connectivity index (χ1v) is 8.95. The van der Waals surface area contributed by atoms with Crippen LogP contribution in [0.5, 0.6) is 0 Å². The number of hydrogen-bond donors (Lipinski definition) is 1. The number of amides is 2. The molecule has 0 aromatic heterocycles. The minimum Gasteiger partial charge on any atom is -0.342 e. The van der Waals surface area contributed by atoms with E-state index in [0.717, 1.165) is 31.6 Å². The molecule has 1 aliphatic heterocycles. The maximum absolute atomic E-state index is 12.5. The molecule has 0 radical (unpaired) electrons. The molecule has 4 nitrogen and oxygen atoms in total. The normalized spacial score (nSPS) is 21.4. The fourth-order valence-corrected chi connectivity index (χ4v) is 3.44. The quantitative estimate of drug-likeness (QED) is 0.909. The molecule has 1 aromatic rings. The second kappa shape index (κ2) is 7.82. The van der Waals surface area contributed by atoms with Crippen LogP contribution in [0.15, 0.2) is 30.3 Å². The topological polar surface area (TPSA) is 49.4 Å². The van der Waals surface area contributed by atoms with Crippen LogP contribution in [0.3, 0.4) is 0 Å².